The Bertz CT molecular complexity index is 1100. The smallest absolute Gasteiger partial charge is 0.328 e. The number of hydrogen-bond acceptors (Lipinski definition) is 6. The maximum Gasteiger partial charge on any atom is 0.328 e. The second-order valence-corrected chi connectivity index (χ2v) is 7.05. The zero-order chi connectivity index (χ0) is 23.0. The van der Waals surface area contributed by atoms with Gasteiger partial charge in [-0.3, -0.25) is 4.79 Å². The number of hydrogen-bond donors (Lipinski definition) is 4. The topological polar surface area (TPSA) is 146 Å². The third-order valence-corrected chi connectivity index (χ3v) is 3.98. The lowest BCUT2D eigenvalue weighted by Gasteiger charge is -2.11. The highest BCUT2D eigenvalue weighted by molar-refractivity contribution is 6.09. The normalized spacial score (nSPS) is 11.0. The zero-order valence-electron chi connectivity index (χ0n) is 17.5. The van der Waals surface area contributed by atoms with Crippen molar-refractivity contribution in [1.29, 1.82) is 0 Å². The standard InChI is InChI=1S/C17H21N5O.C4H4O4/c1-11(2)9-22-10-19-15-16(22)12-6-4-5-7-13(12)20-17(15)21-14(23)8-18-3;5-3(6)1-2-4(7)8/h4-7,10-11,18H,8-9H2,1-3H3,(H,20,21,23);1-2H,(H,5,6)(H,7,8)/b;2-1+. The molecule has 0 fully saturated rings. The lowest BCUT2D eigenvalue weighted by molar-refractivity contribution is -0.134. The van der Waals surface area contributed by atoms with Gasteiger partial charge in [0.2, 0.25) is 5.91 Å². The molecule has 1 amide bonds. The monoisotopic (exact) mass is 427 g/mol. The predicted molar refractivity (Wildman–Crippen MR) is 117 cm³/mol. The van der Waals surface area contributed by atoms with Crippen LogP contribution in [0.25, 0.3) is 21.9 Å². The fraction of sp³-hybridized carbons (Fsp3) is 0.286. The van der Waals surface area contributed by atoms with E-state index in [9.17, 15) is 14.4 Å². The minimum atomic E-state index is -1.26. The van der Waals surface area contributed by atoms with Crippen molar-refractivity contribution < 1.29 is 24.6 Å². The van der Waals surface area contributed by atoms with Crippen molar-refractivity contribution in [1.82, 2.24) is 19.9 Å². The van der Waals surface area contributed by atoms with E-state index in [-0.39, 0.29) is 12.5 Å². The first-order valence-electron chi connectivity index (χ1n) is 9.54. The van der Waals surface area contributed by atoms with E-state index in [0.29, 0.717) is 23.9 Å². The summed E-state index contributed by atoms with van der Waals surface area (Å²) in [4.78, 5) is 40.1. The summed E-state index contributed by atoms with van der Waals surface area (Å²) in [6.45, 7) is 5.45. The van der Waals surface area contributed by atoms with Gasteiger partial charge in [0.25, 0.3) is 0 Å². The largest absolute Gasteiger partial charge is 0.478 e. The Balaban J connectivity index is 0.000000366. The van der Waals surface area contributed by atoms with E-state index in [0.717, 1.165) is 28.5 Å². The first-order valence-corrected chi connectivity index (χ1v) is 9.54. The molecule has 3 rings (SSSR count). The lowest BCUT2D eigenvalue weighted by Crippen LogP contribution is -2.25. The molecule has 0 unspecified atom stereocenters. The molecule has 10 heteroatoms. The summed E-state index contributed by atoms with van der Waals surface area (Å²) in [5.41, 5.74) is 2.60. The molecule has 2 aromatic heterocycles. The molecule has 10 nitrogen and oxygen atoms in total. The van der Waals surface area contributed by atoms with E-state index in [1.807, 2.05) is 30.6 Å². The van der Waals surface area contributed by atoms with Crippen LogP contribution in [0.5, 0.6) is 0 Å². The SMILES string of the molecule is CNCC(=O)Nc1nc2ccccc2c2c1ncn2CC(C)C.O=C(O)/C=C/C(=O)O. The van der Waals surface area contributed by atoms with E-state index < -0.39 is 11.9 Å². The van der Waals surface area contributed by atoms with Crippen LogP contribution in [-0.4, -0.2) is 56.2 Å². The van der Waals surface area contributed by atoms with E-state index >= 15 is 0 Å². The Morgan fingerprint density at radius 3 is 2.35 bits per heavy atom. The number of fused-ring (bicyclic) bond motifs is 3. The summed E-state index contributed by atoms with van der Waals surface area (Å²) >= 11 is 0. The molecule has 164 valence electrons. The second kappa shape index (κ2) is 10.8. The molecule has 0 aliphatic rings. The Morgan fingerprint density at radius 2 is 1.77 bits per heavy atom. The molecule has 1 aromatic carbocycles. The number of carbonyl (C=O) groups is 3. The van der Waals surface area contributed by atoms with Gasteiger partial charge in [-0.15, -0.1) is 0 Å². The molecule has 31 heavy (non-hydrogen) atoms. The number of imidazole rings is 1. The van der Waals surface area contributed by atoms with Crippen LogP contribution in [0.15, 0.2) is 42.7 Å². The maximum absolute atomic E-state index is 11.9. The predicted octanol–water partition coefficient (Wildman–Crippen LogP) is 2.11. The quantitative estimate of drug-likeness (QED) is 0.419. The number of nitrogens with zero attached hydrogens (tertiary/aromatic N) is 3. The van der Waals surface area contributed by atoms with E-state index in [4.69, 9.17) is 10.2 Å². The number of anilines is 1. The average Bonchev–Trinajstić information content (AvgIpc) is 3.11. The number of para-hydroxylation sites is 1. The molecule has 0 atom stereocenters. The van der Waals surface area contributed by atoms with E-state index in [1.165, 1.54) is 0 Å². The molecular weight excluding hydrogens is 402 g/mol. The van der Waals surface area contributed by atoms with Crippen molar-refractivity contribution in [2.45, 2.75) is 20.4 Å². The third-order valence-electron chi connectivity index (χ3n) is 3.98. The number of carbonyl (C=O) groups excluding carboxylic acids is 1. The number of pyridine rings is 1. The van der Waals surface area contributed by atoms with Gasteiger partial charge in [-0.2, -0.15) is 0 Å². The molecule has 0 aliphatic carbocycles. The summed E-state index contributed by atoms with van der Waals surface area (Å²) in [6.07, 6.45) is 2.94. The van der Waals surface area contributed by atoms with Crippen molar-refractivity contribution in [3.05, 3.63) is 42.7 Å². The molecule has 0 bridgehead atoms. The molecule has 0 saturated carbocycles. The van der Waals surface area contributed by atoms with Gasteiger partial charge in [0, 0.05) is 24.1 Å². The Hall–Kier alpha value is -3.79. The van der Waals surface area contributed by atoms with Gasteiger partial charge in [0.1, 0.15) is 5.52 Å². The summed E-state index contributed by atoms with van der Waals surface area (Å²) in [5, 5.41) is 22.4. The third kappa shape index (κ3) is 6.61. The summed E-state index contributed by atoms with van der Waals surface area (Å²) in [5.74, 6) is -1.63. The molecule has 3 aromatic rings. The summed E-state index contributed by atoms with van der Waals surface area (Å²) < 4.78 is 2.14. The van der Waals surface area contributed by atoms with Gasteiger partial charge in [0.05, 0.1) is 23.9 Å². The van der Waals surface area contributed by atoms with Crippen LogP contribution < -0.4 is 10.6 Å². The van der Waals surface area contributed by atoms with Crippen molar-refractivity contribution in [3.63, 3.8) is 0 Å². The first-order chi connectivity index (χ1) is 14.7. The van der Waals surface area contributed by atoms with Gasteiger partial charge in [-0.1, -0.05) is 32.0 Å². The molecule has 4 N–H and O–H groups in total. The van der Waals surface area contributed by atoms with Gasteiger partial charge in [0.15, 0.2) is 5.82 Å². The number of likely N-dealkylation sites (N-methyl/N-ethyl adjacent to an activating group) is 1. The fourth-order valence-corrected chi connectivity index (χ4v) is 2.88. The Labute approximate surface area is 178 Å². The Morgan fingerprint density at radius 1 is 1.13 bits per heavy atom. The van der Waals surface area contributed by atoms with Crippen LogP contribution in [0.1, 0.15) is 13.8 Å². The minimum absolute atomic E-state index is 0.130. The van der Waals surface area contributed by atoms with Crippen molar-refractivity contribution in [3.8, 4) is 0 Å². The second-order valence-electron chi connectivity index (χ2n) is 7.05. The minimum Gasteiger partial charge on any atom is -0.478 e. The first kappa shape index (κ1) is 23.5. The number of rotatable bonds is 7. The average molecular weight is 427 g/mol. The highest BCUT2D eigenvalue weighted by atomic mass is 16.4. The van der Waals surface area contributed by atoms with Crippen molar-refractivity contribution in [2.75, 3.05) is 18.9 Å². The zero-order valence-corrected chi connectivity index (χ0v) is 17.5. The van der Waals surface area contributed by atoms with Crippen LogP contribution >= 0.6 is 0 Å². The molecule has 0 spiro atoms. The lowest BCUT2D eigenvalue weighted by atomic mass is 10.1. The van der Waals surface area contributed by atoms with E-state index in [2.05, 4.69) is 39.0 Å². The van der Waals surface area contributed by atoms with Crippen molar-refractivity contribution in [2.24, 2.45) is 5.92 Å². The number of benzene rings is 1. The molecular formula is C21H25N5O5. The van der Waals surface area contributed by atoms with Crippen LogP contribution in [0.4, 0.5) is 5.82 Å². The molecule has 0 aliphatic heterocycles. The molecule has 0 radical (unpaired) electrons. The van der Waals surface area contributed by atoms with Gasteiger partial charge < -0.3 is 25.4 Å². The fourth-order valence-electron chi connectivity index (χ4n) is 2.88. The molecule has 2 heterocycles. The number of carboxylic acids is 2. The van der Waals surface area contributed by atoms with E-state index in [1.54, 1.807) is 7.05 Å². The number of aromatic nitrogens is 3. The highest BCUT2D eigenvalue weighted by Gasteiger charge is 2.15. The van der Waals surface area contributed by atoms with Crippen molar-refractivity contribution >= 4 is 45.6 Å². The summed E-state index contributed by atoms with van der Waals surface area (Å²) in [7, 11) is 1.74. The maximum atomic E-state index is 11.9. The van der Waals surface area contributed by atoms with Gasteiger partial charge in [-0.05, 0) is 19.0 Å². The number of carboxylic acid groups (broad SMARTS) is 2. The number of amides is 1. The number of nitrogens with one attached hydrogen (secondary N) is 2. The van der Waals surface area contributed by atoms with Crippen LogP contribution in [-0.2, 0) is 20.9 Å². The molecule has 0 saturated heterocycles. The van der Waals surface area contributed by atoms with Crippen LogP contribution in [0, 0.1) is 5.92 Å². The Kier molecular flexibility index (Phi) is 8.21. The van der Waals surface area contributed by atoms with Gasteiger partial charge >= 0.3 is 11.9 Å². The number of aliphatic carboxylic acids is 2. The van der Waals surface area contributed by atoms with Crippen LogP contribution in [0.2, 0.25) is 0 Å². The van der Waals surface area contributed by atoms with Crippen LogP contribution in [0.3, 0.4) is 0 Å². The summed E-state index contributed by atoms with van der Waals surface area (Å²) in [6, 6.07) is 7.94. The highest BCUT2D eigenvalue weighted by Crippen LogP contribution is 2.29. The van der Waals surface area contributed by atoms with Gasteiger partial charge in [-0.25, -0.2) is 19.6 Å².